The molecule has 2 rings (SSSR count). The Bertz CT molecular complexity index is 2200. The SMILES string of the molecule is CCCCCCCCCCCCOc1cc(NC(=O)OCCCC#CC#CCCCOC(=O)Nc2cc(OCCCCCCCCCCCC)c(OCCCCCCCCCCCC)c(OCCCCCCCCCCCC)c2)cc(OCCCCCCCCCCCC)c1OCCCCCCCCCCCC. The molecule has 0 saturated carbocycles. The highest BCUT2D eigenvalue weighted by Crippen LogP contribution is 2.43. The summed E-state index contributed by atoms with van der Waals surface area (Å²) in [6.07, 6.45) is 76.2. The van der Waals surface area contributed by atoms with Gasteiger partial charge in [0, 0.05) is 37.1 Å². The van der Waals surface area contributed by atoms with Gasteiger partial charge in [0.1, 0.15) is 0 Å². The Kier molecular flexibility index (Phi) is 72.0. The molecule has 0 spiro atoms. The molecule has 108 heavy (non-hydrogen) atoms. The molecule has 0 atom stereocenters. The van der Waals surface area contributed by atoms with Gasteiger partial charge in [-0.25, -0.2) is 9.59 Å². The molecule has 2 N–H and O–H groups in total. The third kappa shape index (κ3) is 61.6. The fourth-order valence-electron chi connectivity index (χ4n) is 13.8. The summed E-state index contributed by atoms with van der Waals surface area (Å²) in [6.45, 7) is 17.5. The molecular formula is C96H168N2O10. The average Bonchev–Trinajstić information content (AvgIpc) is 0.829. The minimum absolute atomic E-state index is 0.205. The van der Waals surface area contributed by atoms with E-state index in [0.29, 0.717) is 111 Å². The van der Waals surface area contributed by atoms with Crippen molar-refractivity contribution in [1.82, 2.24) is 0 Å². The zero-order valence-corrected chi connectivity index (χ0v) is 71.3. The second-order valence-corrected chi connectivity index (χ2v) is 31.1. The fourth-order valence-corrected chi connectivity index (χ4v) is 13.8. The van der Waals surface area contributed by atoms with Crippen molar-refractivity contribution in [3.63, 3.8) is 0 Å². The lowest BCUT2D eigenvalue weighted by Gasteiger charge is -2.19. The smallest absolute Gasteiger partial charge is 0.411 e. The molecule has 0 aliphatic rings. The van der Waals surface area contributed by atoms with Gasteiger partial charge in [-0.1, -0.05) is 400 Å². The Morgan fingerprint density at radius 1 is 0.231 bits per heavy atom. The van der Waals surface area contributed by atoms with E-state index in [-0.39, 0.29) is 13.2 Å². The summed E-state index contributed by atoms with van der Waals surface area (Å²) in [5, 5.41) is 5.96. The molecular weight excluding hydrogens is 1340 g/mol. The normalized spacial score (nSPS) is 11.1. The van der Waals surface area contributed by atoms with Crippen LogP contribution in [0.25, 0.3) is 0 Å². The molecule has 622 valence electrons. The first-order valence-electron chi connectivity index (χ1n) is 46.4. The molecule has 12 heteroatoms. The van der Waals surface area contributed by atoms with Crippen LogP contribution in [0, 0.1) is 23.7 Å². The predicted octanol–water partition coefficient (Wildman–Crippen LogP) is 30.8. The summed E-state index contributed by atoms with van der Waals surface area (Å²) in [6, 6.07) is 7.48. The lowest BCUT2D eigenvalue weighted by molar-refractivity contribution is 0.159. The van der Waals surface area contributed by atoms with Crippen LogP contribution >= 0.6 is 0 Å². The van der Waals surface area contributed by atoms with Gasteiger partial charge in [0.05, 0.1) is 64.2 Å². The highest BCUT2D eigenvalue weighted by Gasteiger charge is 2.20. The van der Waals surface area contributed by atoms with Crippen LogP contribution in [0.15, 0.2) is 24.3 Å². The minimum atomic E-state index is -0.543. The van der Waals surface area contributed by atoms with Gasteiger partial charge < -0.3 is 37.9 Å². The number of hydrogen-bond acceptors (Lipinski definition) is 10. The lowest BCUT2D eigenvalue weighted by Crippen LogP contribution is -2.15. The molecule has 2 amide bonds. The quantitative estimate of drug-likeness (QED) is 0.0487. The van der Waals surface area contributed by atoms with Gasteiger partial charge >= 0.3 is 12.2 Å². The summed E-state index contributed by atoms with van der Waals surface area (Å²) >= 11 is 0. The van der Waals surface area contributed by atoms with Gasteiger partial charge in [-0.2, -0.15) is 0 Å². The van der Waals surface area contributed by atoms with Crippen LogP contribution in [0.1, 0.15) is 452 Å². The first kappa shape index (κ1) is 99.0. The third-order valence-electron chi connectivity index (χ3n) is 20.6. The zero-order valence-electron chi connectivity index (χ0n) is 71.3. The number of unbranched alkanes of at least 4 members (excludes halogenated alkanes) is 56. The van der Waals surface area contributed by atoms with Crippen LogP contribution < -0.4 is 39.1 Å². The zero-order chi connectivity index (χ0) is 77.4. The first-order chi connectivity index (χ1) is 53.4. The molecule has 0 aliphatic carbocycles. The summed E-state index contributed by atoms with van der Waals surface area (Å²) in [5.74, 6) is 15.8. The standard InChI is InChI=1S/C96H168N2O10/c1-7-13-19-25-31-37-43-51-59-67-75-101-89-83-87(84-90(102-76-68-60-52-44-38-32-26-20-14-8-2)93(89)105-79-71-63-55-47-41-35-29-23-17-11-5)97-95(99)107-81-73-65-57-49-50-58-66-74-82-108-96(100)98-88-85-91(103-77-69-61-53-45-39-33-27-21-15-9-3)94(106-80-72-64-56-48-42-36-30-24-18-12-6)92(86-88)104-78-70-62-54-46-40-34-28-22-16-10-4/h83-86H,7-48,51-56,59-82H2,1-6H3,(H,97,99)(H,98,100). The van der Waals surface area contributed by atoms with Crippen molar-refractivity contribution in [3.8, 4) is 58.2 Å². The van der Waals surface area contributed by atoms with Crippen molar-refractivity contribution in [2.24, 2.45) is 0 Å². The molecule has 0 fully saturated rings. The van der Waals surface area contributed by atoms with Crippen molar-refractivity contribution in [2.45, 2.75) is 452 Å². The lowest BCUT2D eigenvalue weighted by atomic mass is 10.1. The van der Waals surface area contributed by atoms with E-state index in [1.165, 1.54) is 308 Å². The van der Waals surface area contributed by atoms with Gasteiger partial charge in [-0.15, -0.1) is 0 Å². The van der Waals surface area contributed by atoms with Gasteiger partial charge in [0.15, 0.2) is 23.0 Å². The Morgan fingerprint density at radius 3 is 0.602 bits per heavy atom. The van der Waals surface area contributed by atoms with E-state index in [2.05, 4.69) is 75.9 Å². The van der Waals surface area contributed by atoms with Crippen LogP contribution in [-0.4, -0.2) is 65.0 Å². The number of hydrogen-bond donors (Lipinski definition) is 2. The Morgan fingerprint density at radius 2 is 0.407 bits per heavy atom. The number of nitrogens with one attached hydrogen (secondary N) is 2. The van der Waals surface area contributed by atoms with Crippen LogP contribution in [-0.2, 0) is 9.47 Å². The summed E-state index contributed by atoms with van der Waals surface area (Å²) in [4.78, 5) is 26.8. The van der Waals surface area contributed by atoms with E-state index >= 15 is 0 Å². The number of amides is 2. The van der Waals surface area contributed by atoms with E-state index < -0.39 is 12.2 Å². The summed E-state index contributed by atoms with van der Waals surface area (Å²) < 4.78 is 50.9. The molecule has 0 radical (unpaired) electrons. The third-order valence-corrected chi connectivity index (χ3v) is 20.6. The average molecular weight is 1510 g/mol. The van der Waals surface area contributed by atoms with Gasteiger partial charge in [-0.3, -0.25) is 10.6 Å². The maximum Gasteiger partial charge on any atom is 0.411 e. The molecule has 0 unspecified atom stereocenters. The predicted molar refractivity (Wildman–Crippen MR) is 461 cm³/mol. The summed E-state index contributed by atoms with van der Waals surface area (Å²) in [5.41, 5.74) is 1.10. The number of rotatable bonds is 80. The number of carbonyl (C=O) groups is 2. The topological polar surface area (TPSA) is 132 Å². The van der Waals surface area contributed by atoms with Crippen LogP contribution in [0.5, 0.6) is 34.5 Å². The Hall–Kier alpha value is -5.10. The second-order valence-electron chi connectivity index (χ2n) is 31.1. The van der Waals surface area contributed by atoms with Crippen molar-refractivity contribution < 1.29 is 47.5 Å². The van der Waals surface area contributed by atoms with Crippen LogP contribution in [0.2, 0.25) is 0 Å². The number of anilines is 2. The maximum atomic E-state index is 13.4. The van der Waals surface area contributed by atoms with E-state index in [4.69, 9.17) is 37.9 Å². The highest BCUT2D eigenvalue weighted by molar-refractivity contribution is 5.86. The van der Waals surface area contributed by atoms with E-state index in [0.717, 1.165) is 77.0 Å². The van der Waals surface area contributed by atoms with Gasteiger partial charge in [-0.05, 0) is 63.2 Å². The molecule has 12 nitrogen and oxygen atoms in total. The molecule has 2 aromatic rings. The second kappa shape index (κ2) is 78.6. The van der Waals surface area contributed by atoms with Crippen LogP contribution in [0.4, 0.5) is 21.0 Å². The van der Waals surface area contributed by atoms with Crippen molar-refractivity contribution in [2.75, 3.05) is 63.5 Å². The van der Waals surface area contributed by atoms with E-state index in [1.807, 2.05) is 24.3 Å². The maximum absolute atomic E-state index is 13.4. The molecule has 0 aromatic heterocycles. The van der Waals surface area contributed by atoms with Crippen molar-refractivity contribution >= 4 is 23.6 Å². The summed E-state index contributed by atoms with van der Waals surface area (Å²) in [7, 11) is 0. The van der Waals surface area contributed by atoms with E-state index in [9.17, 15) is 9.59 Å². The van der Waals surface area contributed by atoms with Crippen LogP contribution in [0.3, 0.4) is 0 Å². The van der Waals surface area contributed by atoms with Gasteiger partial charge in [0.25, 0.3) is 0 Å². The number of ether oxygens (including phenoxy) is 8. The Balaban J connectivity index is 2.09. The van der Waals surface area contributed by atoms with Gasteiger partial charge in [0.2, 0.25) is 11.5 Å². The number of carbonyl (C=O) groups excluding carboxylic acids is 2. The fraction of sp³-hybridized carbons (Fsp3) is 0.812. The molecule has 0 heterocycles. The molecule has 0 aliphatic heterocycles. The highest BCUT2D eigenvalue weighted by atomic mass is 16.6. The minimum Gasteiger partial charge on any atom is -0.489 e. The first-order valence-corrected chi connectivity index (χ1v) is 46.4. The molecule has 0 saturated heterocycles. The van der Waals surface area contributed by atoms with Crippen molar-refractivity contribution in [1.29, 1.82) is 0 Å². The van der Waals surface area contributed by atoms with E-state index in [1.54, 1.807) is 0 Å². The monoisotopic (exact) mass is 1510 g/mol. The largest absolute Gasteiger partial charge is 0.489 e. The Labute approximate surface area is 665 Å². The molecule has 0 bridgehead atoms. The number of benzene rings is 2. The van der Waals surface area contributed by atoms with Crippen molar-refractivity contribution in [3.05, 3.63) is 24.3 Å². The molecule has 2 aromatic carbocycles.